The summed E-state index contributed by atoms with van der Waals surface area (Å²) >= 11 is 0. The first kappa shape index (κ1) is 14.0. The van der Waals surface area contributed by atoms with E-state index in [1.165, 1.54) is 0 Å². The van der Waals surface area contributed by atoms with Gasteiger partial charge in [0.2, 0.25) is 5.96 Å². The Kier molecular flexibility index (Phi) is 6.26. The number of rotatable bonds is 5. The number of hydrogen-bond donors (Lipinski definition) is 1. The van der Waals surface area contributed by atoms with Gasteiger partial charge in [0.05, 0.1) is 0 Å². The fourth-order valence-electron chi connectivity index (χ4n) is 1.49. The summed E-state index contributed by atoms with van der Waals surface area (Å²) in [6.45, 7) is 3.53. The zero-order chi connectivity index (χ0) is 13.2. The molecular formula is C13H19N5. The van der Waals surface area contributed by atoms with E-state index in [2.05, 4.69) is 22.2 Å². The molecule has 0 fully saturated rings. The first-order chi connectivity index (χ1) is 8.77. The van der Waals surface area contributed by atoms with Crippen LogP contribution in [0.5, 0.6) is 0 Å². The van der Waals surface area contributed by atoms with Crippen LogP contribution in [-0.4, -0.2) is 29.4 Å². The lowest BCUT2D eigenvalue weighted by molar-refractivity contribution is 0.483. The van der Waals surface area contributed by atoms with Gasteiger partial charge in [-0.3, -0.25) is 15.3 Å². The summed E-state index contributed by atoms with van der Waals surface area (Å²) in [4.78, 5) is 10.4. The Morgan fingerprint density at radius 1 is 1.61 bits per heavy atom. The molecule has 0 unspecified atom stereocenters. The van der Waals surface area contributed by atoms with Gasteiger partial charge >= 0.3 is 0 Å². The van der Waals surface area contributed by atoms with Crippen molar-refractivity contribution in [3.8, 4) is 6.19 Å². The highest BCUT2D eigenvalue weighted by atomic mass is 15.3. The first-order valence-corrected chi connectivity index (χ1v) is 6.07. The molecule has 5 nitrogen and oxygen atoms in total. The van der Waals surface area contributed by atoms with Gasteiger partial charge < -0.3 is 4.90 Å². The summed E-state index contributed by atoms with van der Waals surface area (Å²) in [5.41, 5.74) is 1.09. The topological polar surface area (TPSA) is 64.3 Å². The minimum absolute atomic E-state index is 0.606. The predicted molar refractivity (Wildman–Crippen MR) is 71.7 cm³/mol. The molecule has 1 aromatic heterocycles. The number of nitrogens with one attached hydrogen (secondary N) is 1. The Bertz CT molecular complexity index is 407. The van der Waals surface area contributed by atoms with Crippen LogP contribution in [0.15, 0.2) is 29.5 Å². The van der Waals surface area contributed by atoms with Crippen molar-refractivity contribution in [2.45, 2.75) is 26.3 Å². The fourth-order valence-corrected chi connectivity index (χ4v) is 1.49. The van der Waals surface area contributed by atoms with Gasteiger partial charge in [0.1, 0.15) is 0 Å². The second-order valence-electron chi connectivity index (χ2n) is 4.01. The Morgan fingerprint density at radius 2 is 2.44 bits per heavy atom. The average molecular weight is 245 g/mol. The molecule has 0 radical (unpaired) electrons. The maximum Gasteiger partial charge on any atom is 0.207 e. The van der Waals surface area contributed by atoms with Crippen molar-refractivity contribution in [2.24, 2.45) is 4.99 Å². The van der Waals surface area contributed by atoms with E-state index in [1.54, 1.807) is 6.20 Å². The van der Waals surface area contributed by atoms with Crippen LogP contribution in [0, 0.1) is 11.5 Å². The molecular weight excluding hydrogens is 226 g/mol. The average Bonchev–Trinajstić information content (AvgIpc) is 2.39. The molecule has 1 heterocycles. The minimum atomic E-state index is 0.606. The molecule has 0 saturated heterocycles. The van der Waals surface area contributed by atoms with Crippen molar-refractivity contribution in [1.29, 1.82) is 5.26 Å². The maximum absolute atomic E-state index is 8.73. The van der Waals surface area contributed by atoms with Gasteiger partial charge in [-0.25, -0.2) is 0 Å². The Hall–Kier alpha value is -2.09. The molecule has 5 heteroatoms. The van der Waals surface area contributed by atoms with Crippen molar-refractivity contribution in [2.75, 3.05) is 13.6 Å². The highest BCUT2D eigenvalue weighted by Gasteiger charge is 2.06. The van der Waals surface area contributed by atoms with Crippen LogP contribution in [0.2, 0.25) is 0 Å². The Labute approximate surface area is 108 Å². The third-order valence-electron chi connectivity index (χ3n) is 2.45. The van der Waals surface area contributed by atoms with Crippen LogP contribution in [0.3, 0.4) is 0 Å². The summed E-state index contributed by atoms with van der Waals surface area (Å²) in [7, 11) is 1.90. The Morgan fingerprint density at radius 3 is 3.06 bits per heavy atom. The van der Waals surface area contributed by atoms with Crippen molar-refractivity contribution < 1.29 is 0 Å². The molecule has 0 amide bonds. The maximum atomic E-state index is 8.73. The number of unbranched alkanes of at least 4 members (excludes halogenated alkanes) is 1. The van der Waals surface area contributed by atoms with Gasteiger partial charge in [-0.15, -0.1) is 0 Å². The number of hydrogen-bond acceptors (Lipinski definition) is 3. The van der Waals surface area contributed by atoms with E-state index in [0.717, 1.165) is 24.9 Å². The number of pyridine rings is 1. The highest BCUT2D eigenvalue weighted by Crippen LogP contribution is 2.01. The van der Waals surface area contributed by atoms with Crippen molar-refractivity contribution in [3.05, 3.63) is 30.1 Å². The van der Waals surface area contributed by atoms with E-state index in [9.17, 15) is 0 Å². The summed E-state index contributed by atoms with van der Waals surface area (Å²) < 4.78 is 0. The van der Waals surface area contributed by atoms with Crippen LogP contribution in [0.1, 0.15) is 25.3 Å². The Balaban J connectivity index is 2.62. The molecule has 0 bridgehead atoms. The number of guanidine groups is 1. The number of aromatic nitrogens is 1. The molecule has 0 saturated carbocycles. The van der Waals surface area contributed by atoms with Gasteiger partial charge in [-0.2, -0.15) is 5.26 Å². The highest BCUT2D eigenvalue weighted by molar-refractivity contribution is 5.81. The first-order valence-electron chi connectivity index (χ1n) is 6.07. The third-order valence-corrected chi connectivity index (χ3v) is 2.45. The predicted octanol–water partition coefficient (Wildman–Crippen LogP) is 1.74. The molecule has 0 aliphatic heterocycles. The lowest BCUT2D eigenvalue weighted by Gasteiger charge is -2.19. The molecule has 0 aliphatic carbocycles. The lowest BCUT2D eigenvalue weighted by Crippen LogP contribution is -2.36. The minimum Gasteiger partial charge on any atom is -0.341 e. The molecule has 0 spiro atoms. The second-order valence-corrected chi connectivity index (χ2v) is 4.01. The summed E-state index contributed by atoms with van der Waals surface area (Å²) in [5.74, 6) is 0.606. The van der Waals surface area contributed by atoms with Crippen LogP contribution in [0.4, 0.5) is 0 Å². The van der Waals surface area contributed by atoms with Crippen LogP contribution in [0.25, 0.3) is 0 Å². The van der Waals surface area contributed by atoms with E-state index >= 15 is 0 Å². The molecule has 1 aromatic rings. The van der Waals surface area contributed by atoms with Crippen LogP contribution in [-0.2, 0) is 6.54 Å². The van der Waals surface area contributed by atoms with Gasteiger partial charge in [0, 0.05) is 32.5 Å². The van der Waals surface area contributed by atoms with Crippen molar-refractivity contribution in [3.63, 3.8) is 0 Å². The van der Waals surface area contributed by atoms with Crippen molar-refractivity contribution in [1.82, 2.24) is 15.2 Å². The molecule has 0 aliphatic rings. The second kappa shape index (κ2) is 8.07. The molecule has 18 heavy (non-hydrogen) atoms. The van der Waals surface area contributed by atoms with Crippen molar-refractivity contribution >= 4 is 5.96 Å². The van der Waals surface area contributed by atoms with Crippen LogP contribution >= 0.6 is 0 Å². The summed E-state index contributed by atoms with van der Waals surface area (Å²) in [6.07, 6.45) is 7.60. The number of nitriles is 1. The molecule has 1 N–H and O–H groups in total. The normalized spacial score (nSPS) is 10.8. The smallest absolute Gasteiger partial charge is 0.207 e. The van der Waals surface area contributed by atoms with E-state index < -0.39 is 0 Å². The third kappa shape index (κ3) is 4.83. The fraction of sp³-hybridized carbons (Fsp3) is 0.462. The molecule has 0 aromatic carbocycles. The monoisotopic (exact) mass is 245 g/mol. The van der Waals surface area contributed by atoms with E-state index in [1.807, 2.05) is 36.5 Å². The zero-order valence-electron chi connectivity index (χ0n) is 10.9. The zero-order valence-corrected chi connectivity index (χ0v) is 10.9. The van der Waals surface area contributed by atoms with Gasteiger partial charge in [0.15, 0.2) is 6.19 Å². The van der Waals surface area contributed by atoms with E-state index in [0.29, 0.717) is 12.5 Å². The summed E-state index contributed by atoms with van der Waals surface area (Å²) in [5, 5.41) is 11.3. The van der Waals surface area contributed by atoms with Crippen LogP contribution < -0.4 is 5.32 Å². The van der Waals surface area contributed by atoms with E-state index in [4.69, 9.17) is 5.26 Å². The largest absolute Gasteiger partial charge is 0.341 e. The lowest BCUT2D eigenvalue weighted by atomic mass is 10.3. The van der Waals surface area contributed by atoms with E-state index in [-0.39, 0.29) is 0 Å². The number of aliphatic imine (C=N–C) groups is 1. The molecule has 1 rings (SSSR count). The van der Waals surface area contributed by atoms with Gasteiger partial charge in [-0.05, 0) is 18.1 Å². The van der Waals surface area contributed by atoms with Gasteiger partial charge in [0.25, 0.3) is 0 Å². The number of nitrogens with zero attached hydrogens (tertiary/aromatic N) is 4. The van der Waals surface area contributed by atoms with Gasteiger partial charge in [-0.1, -0.05) is 19.4 Å². The molecule has 96 valence electrons. The summed E-state index contributed by atoms with van der Waals surface area (Å²) in [6, 6.07) is 3.90. The molecule has 0 atom stereocenters. The standard InChI is InChI=1S/C13H19N5/c1-3-4-8-16-13(17-11-14)18(2)10-12-6-5-7-15-9-12/h5-7,9H,3-4,8,10H2,1-2H3,(H,16,17). The quantitative estimate of drug-likeness (QED) is 0.282. The SMILES string of the molecule is CCCCN=C(NC#N)N(C)Cc1cccnc1.